The van der Waals surface area contributed by atoms with Crippen molar-refractivity contribution in [2.24, 2.45) is 0 Å². The number of aromatic hydroxyl groups is 1. The van der Waals surface area contributed by atoms with Gasteiger partial charge in [0.1, 0.15) is 18.1 Å². The zero-order valence-corrected chi connectivity index (χ0v) is 20.3. The van der Waals surface area contributed by atoms with Crippen molar-refractivity contribution in [3.63, 3.8) is 0 Å². The molecule has 2 aromatic carbocycles. The quantitative estimate of drug-likeness (QED) is 0.253. The van der Waals surface area contributed by atoms with Gasteiger partial charge in [0.05, 0.1) is 24.2 Å². The van der Waals surface area contributed by atoms with Crippen LogP contribution in [-0.2, 0) is 20.7 Å². The van der Waals surface area contributed by atoms with Gasteiger partial charge in [-0.05, 0) is 60.9 Å². The van der Waals surface area contributed by atoms with Crippen LogP contribution in [0.1, 0.15) is 53.1 Å². The number of nitrogens with zero attached hydrogens (tertiary/aromatic N) is 2. The molecule has 0 saturated heterocycles. The molecule has 1 aromatic heterocycles. The fourth-order valence-electron chi connectivity index (χ4n) is 3.99. The number of esters is 1. The smallest absolute Gasteiger partial charge is 0.325 e. The van der Waals surface area contributed by atoms with E-state index in [9.17, 15) is 19.5 Å². The van der Waals surface area contributed by atoms with Gasteiger partial charge < -0.3 is 25.0 Å². The Morgan fingerprint density at radius 3 is 2.60 bits per heavy atom. The van der Waals surface area contributed by atoms with Crippen LogP contribution in [-0.4, -0.2) is 51.8 Å². The topological polar surface area (TPSA) is 123 Å². The molecule has 184 valence electrons. The maximum Gasteiger partial charge on any atom is 0.325 e. The molecular formula is C25H28N4O5S. The minimum absolute atomic E-state index is 0.124. The molecule has 1 aliphatic carbocycles. The number of methoxy groups -OCH3 is 1. The summed E-state index contributed by atoms with van der Waals surface area (Å²) in [6.07, 6.45) is 2.79. The third kappa shape index (κ3) is 5.94. The van der Waals surface area contributed by atoms with Crippen LogP contribution in [0.25, 0.3) is 11.0 Å². The SMILES string of the molecule is COC(=O)CNC(=O)c1ccc2c(c1)nc(C(Cc1ccc(O)cc1)NC(=O)CCS)n2C1CC1. The van der Waals surface area contributed by atoms with Crippen LogP contribution in [0.5, 0.6) is 5.75 Å². The number of thiol groups is 1. The number of rotatable bonds is 10. The molecule has 1 fully saturated rings. The lowest BCUT2D eigenvalue weighted by atomic mass is 10.0. The third-order valence-corrected chi connectivity index (χ3v) is 6.10. The lowest BCUT2D eigenvalue weighted by Crippen LogP contribution is -2.32. The first-order valence-corrected chi connectivity index (χ1v) is 12.1. The van der Waals surface area contributed by atoms with Crippen LogP contribution in [0.15, 0.2) is 42.5 Å². The summed E-state index contributed by atoms with van der Waals surface area (Å²) in [5.74, 6) is 0.265. The molecule has 0 radical (unpaired) electrons. The number of phenolic OH excluding ortho intramolecular Hbond substituents is 1. The van der Waals surface area contributed by atoms with Crippen LogP contribution < -0.4 is 10.6 Å². The number of carbonyl (C=O) groups is 3. The third-order valence-electron chi connectivity index (χ3n) is 5.87. The van der Waals surface area contributed by atoms with Crippen LogP contribution in [0.3, 0.4) is 0 Å². The Labute approximate surface area is 208 Å². The minimum atomic E-state index is -0.534. The first-order valence-electron chi connectivity index (χ1n) is 11.4. The molecule has 1 heterocycles. The maximum absolute atomic E-state index is 12.6. The molecule has 2 amide bonds. The van der Waals surface area contributed by atoms with E-state index in [2.05, 4.69) is 32.6 Å². The standard InChI is InChI=1S/C25H28N4O5S/c1-34-23(32)14-26-25(33)16-4-9-21-19(13-16)28-24(29(21)17-5-6-17)20(27-22(31)10-11-35)12-15-2-7-18(30)8-3-15/h2-4,7-9,13,17,20,30,35H,5-6,10-12,14H2,1H3,(H,26,33)(H,27,31). The predicted molar refractivity (Wildman–Crippen MR) is 134 cm³/mol. The lowest BCUT2D eigenvalue weighted by molar-refractivity contribution is -0.139. The Morgan fingerprint density at radius 2 is 1.94 bits per heavy atom. The van der Waals surface area contributed by atoms with Gasteiger partial charge in [0.25, 0.3) is 5.91 Å². The van der Waals surface area contributed by atoms with E-state index in [4.69, 9.17) is 4.98 Å². The monoisotopic (exact) mass is 496 g/mol. The van der Waals surface area contributed by atoms with Crippen molar-refractivity contribution >= 4 is 41.4 Å². The average molecular weight is 497 g/mol. The molecule has 1 unspecified atom stereocenters. The number of amides is 2. The van der Waals surface area contributed by atoms with Crippen molar-refractivity contribution in [3.05, 3.63) is 59.4 Å². The van der Waals surface area contributed by atoms with E-state index in [0.717, 1.165) is 29.7 Å². The van der Waals surface area contributed by atoms with Gasteiger partial charge in [-0.3, -0.25) is 14.4 Å². The van der Waals surface area contributed by atoms with Gasteiger partial charge >= 0.3 is 5.97 Å². The summed E-state index contributed by atoms with van der Waals surface area (Å²) in [7, 11) is 1.26. The van der Waals surface area contributed by atoms with Gasteiger partial charge in [-0.2, -0.15) is 12.6 Å². The molecule has 9 nitrogen and oxygen atoms in total. The number of nitrogens with one attached hydrogen (secondary N) is 2. The Kier molecular flexibility index (Phi) is 7.60. The van der Waals surface area contributed by atoms with E-state index < -0.39 is 17.9 Å². The Bertz CT molecular complexity index is 1240. The normalized spacial score (nSPS) is 13.9. The molecule has 4 rings (SSSR count). The van der Waals surface area contributed by atoms with Gasteiger partial charge in [-0.1, -0.05) is 12.1 Å². The largest absolute Gasteiger partial charge is 0.508 e. The van der Waals surface area contributed by atoms with Crippen LogP contribution in [0, 0.1) is 0 Å². The lowest BCUT2D eigenvalue weighted by Gasteiger charge is -2.20. The fraction of sp³-hybridized carbons (Fsp3) is 0.360. The molecule has 1 aliphatic rings. The van der Waals surface area contributed by atoms with Crippen molar-refractivity contribution in [2.75, 3.05) is 19.4 Å². The number of hydrogen-bond donors (Lipinski definition) is 4. The maximum atomic E-state index is 12.6. The molecular weight excluding hydrogens is 468 g/mol. The molecule has 1 atom stereocenters. The number of fused-ring (bicyclic) bond motifs is 1. The van der Waals surface area contributed by atoms with Gasteiger partial charge in [0, 0.05) is 18.0 Å². The summed E-state index contributed by atoms with van der Waals surface area (Å²) in [5.41, 5.74) is 2.83. The summed E-state index contributed by atoms with van der Waals surface area (Å²) in [5, 5.41) is 15.3. The second kappa shape index (κ2) is 10.8. The van der Waals surface area contributed by atoms with Crippen molar-refractivity contribution in [1.82, 2.24) is 20.2 Å². The molecule has 0 spiro atoms. The second-order valence-corrected chi connectivity index (χ2v) is 8.94. The number of ether oxygens (including phenoxy) is 1. The number of hydrogen-bond acceptors (Lipinski definition) is 7. The molecule has 1 saturated carbocycles. The van der Waals surface area contributed by atoms with E-state index in [-0.39, 0.29) is 30.7 Å². The molecule has 0 bridgehead atoms. The van der Waals surface area contributed by atoms with E-state index >= 15 is 0 Å². The molecule has 0 aliphatic heterocycles. The predicted octanol–water partition coefficient (Wildman–Crippen LogP) is 2.70. The molecule has 3 N–H and O–H groups in total. The van der Waals surface area contributed by atoms with E-state index in [1.807, 2.05) is 18.2 Å². The Balaban J connectivity index is 1.69. The van der Waals surface area contributed by atoms with Crippen LogP contribution >= 0.6 is 12.6 Å². The summed E-state index contributed by atoms with van der Waals surface area (Å²) in [6, 6.07) is 12.0. The summed E-state index contributed by atoms with van der Waals surface area (Å²) >= 11 is 4.17. The highest BCUT2D eigenvalue weighted by atomic mass is 32.1. The van der Waals surface area contributed by atoms with Gasteiger partial charge in [0.2, 0.25) is 5.91 Å². The van der Waals surface area contributed by atoms with Crippen molar-refractivity contribution in [1.29, 1.82) is 0 Å². The zero-order chi connectivity index (χ0) is 24.9. The van der Waals surface area contributed by atoms with Crippen LogP contribution in [0.4, 0.5) is 0 Å². The highest BCUT2D eigenvalue weighted by molar-refractivity contribution is 7.80. The Hall–Kier alpha value is -3.53. The number of benzene rings is 2. The highest BCUT2D eigenvalue weighted by Crippen LogP contribution is 2.40. The average Bonchev–Trinajstić information content (AvgIpc) is 3.62. The van der Waals surface area contributed by atoms with E-state index in [0.29, 0.717) is 23.3 Å². The van der Waals surface area contributed by atoms with Gasteiger partial charge in [0.15, 0.2) is 0 Å². The van der Waals surface area contributed by atoms with E-state index in [1.165, 1.54) is 7.11 Å². The fourth-order valence-corrected chi connectivity index (χ4v) is 4.19. The van der Waals surface area contributed by atoms with Crippen LogP contribution in [0.2, 0.25) is 0 Å². The molecule has 35 heavy (non-hydrogen) atoms. The molecule has 10 heteroatoms. The first-order chi connectivity index (χ1) is 16.9. The number of phenols is 1. The molecule has 3 aromatic rings. The highest BCUT2D eigenvalue weighted by Gasteiger charge is 2.32. The van der Waals surface area contributed by atoms with Crippen molar-refractivity contribution in [3.8, 4) is 5.75 Å². The van der Waals surface area contributed by atoms with Gasteiger partial charge in [-0.25, -0.2) is 4.98 Å². The van der Waals surface area contributed by atoms with E-state index in [1.54, 1.807) is 24.3 Å². The number of aromatic nitrogens is 2. The van der Waals surface area contributed by atoms with Crippen molar-refractivity contribution < 1.29 is 24.2 Å². The second-order valence-electron chi connectivity index (χ2n) is 8.50. The summed E-state index contributed by atoms with van der Waals surface area (Å²) in [4.78, 5) is 41.3. The Morgan fingerprint density at radius 1 is 1.20 bits per heavy atom. The summed E-state index contributed by atoms with van der Waals surface area (Å²) < 4.78 is 6.72. The zero-order valence-electron chi connectivity index (χ0n) is 19.4. The minimum Gasteiger partial charge on any atom is -0.508 e. The first kappa shape index (κ1) is 24.6. The van der Waals surface area contributed by atoms with Gasteiger partial charge in [-0.15, -0.1) is 0 Å². The number of carbonyl (C=O) groups excluding carboxylic acids is 3. The van der Waals surface area contributed by atoms with Crippen molar-refractivity contribution in [2.45, 2.75) is 37.8 Å². The summed E-state index contributed by atoms with van der Waals surface area (Å²) in [6.45, 7) is -0.221. The number of imidazole rings is 1.